The molecule has 7 heteroatoms. The number of hydrogen-bond acceptors (Lipinski definition) is 6. The van der Waals surface area contributed by atoms with E-state index >= 15 is 0 Å². The van der Waals surface area contributed by atoms with Gasteiger partial charge in [-0.2, -0.15) is 5.26 Å². The summed E-state index contributed by atoms with van der Waals surface area (Å²) in [6, 6.07) is 11.0. The molecule has 0 amide bonds. The smallest absolute Gasteiger partial charge is 0.326 e. The maximum absolute atomic E-state index is 13.2. The van der Waals surface area contributed by atoms with Crippen molar-refractivity contribution in [1.82, 2.24) is 10.2 Å². The molecule has 3 N–H and O–H groups in total. The number of carbonyl (C=O) groups excluding carboxylic acids is 1. The normalized spacial score (nSPS) is 18.9. The molecule has 128 valence electrons. The van der Waals surface area contributed by atoms with Crippen LogP contribution in [0.4, 0.5) is 0 Å². The number of fused-ring (bicyclic) bond motifs is 1. The first-order valence-corrected chi connectivity index (χ1v) is 7.99. The summed E-state index contributed by atoms with van der Waals surface area (Å²) < 4.78 is 10.9. The number of nitrogens with zero attached hydrogens (tertiary/aromatic N) is 2. The summed E-state index contributed by atoms with van der Waals surface area (Å²) in [6.45, 7) is 3.80. The largest absolute Gasteiger partial charge is 0.465 e. The summed E-state index contributed by atoms with van der Waals surface area (Å²) in [4.78, 5) is 13.2. The zero-order valence-electron chi connectivity index (χ0n) is 14.0. The molecule has 2 heterocycles. The number of nitrogens with two attached hydrogens (primary N) is 1. The third kappa shape index (κ3) is 2.26. The van der Waals surface area contributed by atoms with E-state index in [1.807, 2.05) is 13.0 Å². The lowest BCUT2D eigenvalue weighted by Gasteiger charge is -2.35. The Balaban J connectivity index is 2.45. The van der Waals surface area contributed by atoms with E-state index in [-0.39, 0.29) is 23.9 Å². The molecule has 1 aliphatic heterocycles. The SMILES string of the molecule is CCOC(=O)C1(c2ccccc2)C(C#N)=C(N)Oc2n[nH]c(CC)c21. The number of aromatic amines is 1. The summed E-state index contributed by atoms with van der Waals surface area (Å²) in [5, 5.41) is 16.8. The fourth-order valence-corrected chi connectivity index (χ4v) is 3.22. The molecular formula is C18H18N4O3. The Morgan fingerprint density at radius 3 is 2.72 bits per heavy atom. The number of esters is 1. The van der Waals surface area contributed by atoms with Gasteiger partial charge >= 0.3 is 5.97 Å². The van der Waals surface area contributed by atoms with Crippen LogP contribution >= 0.6 is 0 Å². The summed E-state index contributed by atoms with van der Waals surface area (Å²) >= 11 is 0. The number of aromatic nitrogens is 2. The van der Waals surface area contributed by atoms with Crippen LogP contribution in [0.3, 0.4) is 0 Å². The Morgan fingerprint density at radius 1 is 1.40 bits per heavy atom. The molecule has 1 aromatic heterocycles. The zero-order valence-corrected chi connectivity index (χ0v) is 14.0. The summed E-state index contributed by atoms with van der Waals surface area (Å²) in [5.41, 5.74) is 6.21. The van der Waals surface area contributed by atoms with E-state index in [1.165, 1.54) is 0 Å². The van der Waals surface area contributed by atoms with Crippen molar-refractivity contribution in [2.24, 2.45) is 5.73 Å². The predicted octanol–water partition coefficient (Wildman–Crippen LogP) is 1.91. The van der Waals surface area contributed by atoms with Crippen molar-refractivity contribution in [3.63, 3.8) is 0 Å². The number of carbonyl (C=O) groups is 1. The maximum atomic E-state index is 13.2. The van der Waals surface area contributed by atoms with Gasteiger partial charge in [-0.3, -0.25) is 9.89 Å². The molecule has 25 heavy (non-hydrogen) atoms. The van der Waals surface area contributed by atoms with E-state index in [2.05, 4.69) is 16.3 Å². The number of ether oxygens (including phenoxy) is 2. The molecule has 0 saturated heterocycles. The lowest BCUT2D eigenvalue weighted by Crippen LogP contribution is -2.45. The molecule has 0 aliphatic carbocycles. The van der Waals surface area contributed by atoms with E-state index in [9.17, 15) is 10.1 Å². The van der Waals surface area contributed by atoms with E-state index < -0.39 is 11.4 Å². The highest BCUT2D eigenvalue weighted by atomic mass is 16.5. The second kappa shape index (κ2) is 6.32. The van der Waals surface area contributed by atoms with Crippen molar-refractivity contribution < 1.29 is 14.3 Å². The molecular weight excluding hydrogens is 320 g/mol. The van der Waals surface area contributed by atoms with Crippen LogP contribution in [0.25, 0.3) is 0 Å². The second-order valence-electron chi connectivity index (χ2n) is 5.53. The van der Waals surface area contributed by atoms with Crippen LogP contribution in [0.2, 0.25) is 0 Å². The first-order valence-electron chi connectivity index (χ1n) is 7.99. The summed E-state index contributed by atoms with van der Waals surface area (Å²) in [5.74, 6) is -0.548. The van der Waals surface area contributed by atoms with E-state index in [0.717, 1.165) is 0 Å². The highest BCUT2D eigenvalue weighted by molar-refractivity contribution is 5.95. The van der Waals surface area contributed by atoms with Gasteiger partial charge in [-0.05, 0) is 18.9 Å². The average Bonchev–Trinajstić information content (AvgIpc) is 3.04. The molecule has 0 saturated carbocycles. The first kappa shape index (κ1) is 16.6. The first-order chi connectivity index (χ1) is 12.1. The van der Waals surface area contributed by atoms with Crippen LogP contribution in [0, 0.1) is 11.3 Å². The topological polar surface area (TPSA) is 114 Å². The van der Waals surface area contributed by atoms with Crippen molar-refractivity contribution in [2.75, 3.05) is 6.61 Å². The van der Waals surface area contributed by atoms with Crippen LogP contribution in [-0.4, -0.2) is 22.8 Å². The van der Waals surface area contributed by atoms with Crippen LogP contribution in [-0.2, 0) is 21.4 Å². The molecule has 1 unspecified atom stereocenters. The monoisotopic (exact) mass is 338 g/mol. The molecule has 0 fully saturated rings. The fraction of sp³-hybridized carbons (Fsp3) is 0.278. The molecule has 7 nitrogen and oxygen atoms in total. The van der Waals surface area contributed by atoms with Gasteiger partial charge in [-0.1, -0.05) is 37.3 Å². The minimum absolute atomic E-state index is 0.000694. The number of H-pyrrole nitrogens is 1. The second-order valence-corrected chi connectivity index (χ2v) is 5.53. The number of nitriles is 1. The highest BCUT2D eigenvalue weighted by Gasteiger charge is 2.55. The van der Waals surface area contributed by atoms with Gasteiger partial charge in [-0.25, -0.2) is 0 Å². The Labute approximate surface area is 145 Å². The molecule has 2 aromatic rings. The van der Waals surface area contributed by atoms with Gasteiger partial charge in [0.25, 0.3) is 0 Å². The molecule has 1 aliphatic rings. The maximum Gasteiger partial charge on any atom is 0.326 e. The van der Waals surface area contributed by atoms with E-state index in [4.69, 9.17) is 15.2 Å². The van der Waals surface area contributed by atoms with Crippen molar-refractivity contribution in [3.05, 3.63) is 58.6 Å². The Bertz CT molecular complexity index is 879. The van der Waals surface area contributed by atoms with Crippen LogP contribution in [0.5, 0.6) is 5.88 Å². The molecule has 1 aromatic carbocycles. The molecule has 1 atom stereocenters. The summed E-state index contributed by atoms with van der Waals surface area (Å²) in [7, 11) is 0. The number of nitrogens with one attached hydrogen (secondary N) is 1. The van der Waals surface area contributed by atoms with Crippen molar-refractivity contribution in [3.8, 4) is 11.9 Å². The molecule has 0 spiro atoms. The standard InChI is InChI=1S/C18H18N4O3/c1-3-13-14-16(22-21-13)25-15(20)12(10-19)18(14,17(23)24-4-2)11-8-6-5-7-9-11/h5-9H,3-4,20H2,1-2H3,(H,21,22). The third-order valence-electron chi connectivity index (χ3n) is 4.26. The Morgan fingerprint density at radius 2 is 2.12 bits per heavy atom. The zero-order chi connectivity index (χ0) is 18.0. The average molecular weight is 338 g/mol. The Kier molecular flexibility index (Phi) is 4.19. The third-order valence-corrected chi connectivity index (χ3v) is 4.26. The minimum Gasteiger partial charge on any atom is -0.465 e. The van der Waals surface area contributed by atoms with Gasteiger partial charge in [0.15, 0.2) is 5.41 Å². The molecule has 0 radical (unpaired) electrons. The van der Waals surface area contributed by atoms with Crippen molar-refractivity contribution >= 4 is 5.97 Å². The van der Waals surface area contributed by atoms with Gasteiger partial charge in [0.1, 0.15) is 11.6 Å². The predicted molar refractivity (Wildman–Crippen MR) is 89.3 cm³/mol. The lowest BCUT2D eigenvalue weighted by molar-refractivity contribution is -0.147. The Hall–Kier alpha value is -3.27. The van der Waals surface area contributed by atoms with E-state index in [0.29, 0.717) is 23.2 Å². The van der Waals surface area contributed by atoms with E-state index in [1.54, 1.807) is 31.2 Å². The van der Waals surface area contributed by atoms with Gasteiger partial charge < -0.3 is 15.2 Å². The quantitative estimate of drug-likeness (QED) is 0.823. The molecule has 3 rings (SSSR count). The van der Waals surface area contributed by atoms with Gasteiger partial charge in [0.05, 0.1) is 12.2 Å². The number of rotatable bonds is 4. The van der Waals surface area contributed by atoms with Crippen LogP contribution in [0.15, 0.2) is 41.8 Å². The number of hydrogen-bond donors (Lipinski definition) is 2. The van der Waals surface area contributed by atoms with Gasteiger partial charge in [0, 0.05) is 5.69 Å². The number of aryl methyl sites for hydroxylation is 1. The minimum atomic E-state index is -1.51. The highest BCUT2D eigenvalue weighted by Crippen LogP contribution is 2.49. The van der Waals surface area contributed by atoms with Gasteiger partial charge in [0.2, 0.25) is 11.8 Å². The number of benzene rings is 1. The van der Waals surface area contributed by atoms with Gasteiger partial charge in [-0.15, -0.1) is 5.10 Å². The lowest BCUT2D eigenvalue weighted by atomic mass is 9.68. The summed E-state index contributed by atoms with van der Waals surface area (Å²) in [6.07, 6.45) is 0.568. The van der Waals surface area contributed by atoms with Crippen LogP contribution in [0.1, 0.15) is 30.7 Å². The molecule has 0 bridgehead atoms. The van der Waals surface area contributed by atoms with Crippen molar-refractivity contribution in [2.45, 2.75) is 25.7 Å². The van der Waals surface area contributed by atoms with Crippen LogP contribution < -0.4 is 10.5 Å². The van der Waals surface area contributed by atoms with Crippen molar-refractivity contribution in [1.29, 1.82) is 5.26 Å². The fourth-order valence-electron chi connectivity index (χ4n) is 3.22.